The Labute approximate surface area is 101 Å². The van der Waals surface area contributed by atoms with E-state index in [9.17, 15) is 13.2 Å². The number of halogens is 3. The third-order valence-corrected chi connectivity index (χ3v) is 2.31. The third-order valence-electron chi connectivity index (χ3n) is 2.31. The maximum atomic E-state index is 12.3. The van der Waals surface area contributed by atoms with Crippen molar-refractivity contribution in [2.45, 2.75) is 18.6 Å². The van der Waals surface area contributed by atoms with Gasteiger partial charge in [-0.25, -0.2) is 0 Å². The molecule has 1 aromatic heterocycles. The van der Waals surface area contributed by atoms with E-state index in [1.165, 1.54) is 0 Å². The van der Waals surface area contributed by atoms with Crippen LogP contribution in [0.15, 0.2) is 34.9 Å². The third kappa shape index (κ3) is 2.86. The number of aromatic nitrogens is 2. The normalized spacial score (nSPS) is 13.6. The molecule has 0 aliphatic rings. The molecule has 7 heteroatoms. The summed E-state index contributed by atoms with van der Waals surface area (Å²) in [6.45, 7) is 0. The van der Waals surface area contributed by atoms with E-state index >= 15 is 0 Å². The predicted octanol–water partition coefficient (Wildman–Crippen LogP) is 2.33. The largest absolute Gasteiger partial charge is 0.455 e. The average Bonchev–Trinajstić information content (AvgIpc) is 2.79. The molecular weight excluding hydrogens is 247 g/mol. The van der Waals surface area contributed by atoms with E-state index in [0.29, 0.717) is 6.42 Å². The molecule has 0 saturated heterocycles. The van der Waals surface area contributed by atoms with Gasteiger partial charge in [0, 0.05) is 0 Å². The van der Waals surface area contributed by atoms with Gasteiger partial charge in [-0.2, -0.15) is 18.2 Å². The van der Waals surface area contributed by atoms with E-state index in [4.69, 9.17) is 5.73 Å². The molecule has 0 radical (unpaired) electrons. The fourth-order valence-corrected chi connectivity index (χ4v) is 1.46. The highest BCUT2D eigenvalue weighted by Crippen LogP contribution is 2.27. The second kappa shape index (κ2) is 4.77. The van der Waals surface area contributed by atoms with Crippen molar-refractivity contribution >= 4 is 0 Å². The van der Waals surface area contributed by atoms with Crippen LogP contribution in [-0.2, 0) is 12.6 Å². The number of nitrogens with zero attached hydrogens (tertiary/aromatic N) is 2. The van der Waals surface area contributed by atoms with Gasteiger partial charge in [0.2, 0.25) is 5.89 Å². The Bertz CT molecular complexity index is 510. The number of nitrogens with two attached hydrogens (primary N) is 1. The first-order chi connectivity index (χ1) is 8.47. The molecule has 0 aliphatic heterocycles. The molecule has 0 amide bonds. The molecule has 1 heterocycles. The number of rotatable bonds is 3. The maximum Gasteiger partial charge on any atom is 0.455 e. The van der Waals surface area contributed by atoms with Crippen LogP contribution in [-0.4, -0.2) is 10.1 Å². The summed E-state index contributed by atoms with van der Waals surface area (Å²) < 4.78 is 41.3. The molecule has 0 saturated carbocycles. The molecule has 1 atom stereocenters. The first-order valence-corrected chi connectivity index (χ1v) is 5.17. The van der Waals surface area contributed by atoms with Gasteiger partial charge < -0.3 is 10.3 Å². The molecule has 4 nitrogen and oxygen atoms in total. The molecule has 2 aromatic rings. The first-order valence-electron chi connectivity index (χ1n) is 5.17. The molecule has 0 spiro atoms. The molecule has 0 bridgehead atoms. The maximum absolute atomic E-state index is 12.3. The summed E-state index contributed by atoms with van der Waals surface area (Å²) in [4.78, 5) is 3.25. The molecular formula is C11H10F3N3O. The zero-order valence-corrected chi connectivity index (χ0v) is 9.19. The highest BCUT2D eigenvalue weighted by molar-refractivity contribution is 5.16. The Morgan fingerprint density at radius 3 is 2.44 bits per heavy atom. The van der Waals surface area contributed by atoms with Gasteiger partial charge in [0.1, 0.15) is 0 Å². The lowest BCUT2D eigenvalue weighted by molar-refractivity contribution is -0.146. The monoisotopic (exact) mass is 257 g/mol. The Kier molecular flexibility index (Phi) is 3.33. The van der Waals surface area contributed by atoms with Crippen LogP contribution in [0.4, 0.5) is 13.2 Å². The van der Waals surface area contributed by atoms with E-state index in [1.54, 1.807) is 0 Å². The van der Waals surface area contributed by atoms with Crippen LogP contribution in [0.2, 0.25) is 0 Å². The zero-order valence-electron chi connectivity index (χ0n) is 9.19. The number of hydrogen-bond donors (Lipinski definition) is 1. The Morgan fingerprint density at radius 2 is 1.89 bits per heavy atom. The average molecular weight is 257 g/mol. The van der Waals surface area contributed by atoms with E-state index in [1.807, 2.05) is 30.3 Å². The SMILES string of the molecule is N[C@H](Cc1ccccc1)c1nc(C(F)(F)F)no1. The molecule has 0 fully saturated rings. The van der Waals surface area contributed by atoms with Gasteiger partial charge in [-0.05, 0) is 12.0 Å². The van der Waals surface area contributed by atoms with E-state index in [2.05, 4.69) is 14.7 Å². The van der Waals surface area contributed by atoms with Gasteiger partial charge in [0.15, 0.2) is 0 Å². The van der Waals surface area contributed by atoms with Crippen LogP contribution in [0, 0.1) is 0 Å². The van der Waals surface area contributed by atoms with Crippen LogP contribution in [0.25, 0.3) is 0 Å². The van der Waals surface area contributed by atoms with Crippen molar-refractivity contribution in [2.75, 3.05) is 0 Å². The summed E-state index contributed by atoms with van der Waals surface area (Å²) in [5.74, 6) is -1.52. The Hall–Kier alpha value is -1.89. The predicted molar refractivity (Wildman–Crippen MR) is 56.4 cm³/mol. The fraction of sp³-hybridized carbons (Fsp3) is 0.273. The molecule has 1 aromatic carbocycles. The van der Waals surface area contributed by atoms with Crippen LogP contribution < -0.4 is 5.73 Å². The van der Waals surface area contributed by atoms with Crippen molar-refractivity contribution < 1.29 is 17.7 Å². The summed E-state index contributed by atoms with van der Waals surface area (Å²) in [6.07, 6.45) is -4.28. The fourth-order valence-electron chi connectivity index (χ4n) is 1.46. The van der Waals surface area contributed by atoms with Crippen LogP contribution >= 0.6 is 0 Å². The minimum atomic E-state index is -4.62. The van der Waals surface area contributed by atoms with Gasteiger partial charge >= 0.3 is 6.18 Å². The lowest BCUT2D eigenvalue weighted by Crippen LogP contribution is -2.14. The van der Waals surface area contributed by atoms with Crippen molar-refractivity contribution in [1.29, 1.82) is 0 Å². The van der Waals surface area contributed by atoms with Gasteiger partial charge in [0.25, 0.3) is 5.82 Å². The Balaban J connectivity index is 2.10. The summed E-state index contributed by atoms with van der Waals surface area (Å²) in [6, 6.07) is 8.36. The number of alkyl halides is 3. The molecule has 2 rings (SSSR count). The van der Waals surface area contributed by atoms with E-state index < -0.39 is 18.0 Å². The number of hydrogen-bond acceptors (Lipinski definition) is 4. The summed E-state index contributed by atoms with van der Waals surface area (Å²) in [5.41, 5.74) is 6.61. The smallest absolute Gasteiger partial charge is 0.337 e. The van der Waals surface area contributed by atoms with Crippen LogP contribution in [0.3, 0.4) is 0 Å². The van der Waals surface area contributed by atoms with Crippen molar-refractivity contribution in [1.82, 2.24) is 10.1 Å². The lowest BCUT2D eigenvalue weighted by Gasteiger charge is -2.06. The highest BCUT2D eigenvalue weighted by atomic mass is 19.4. The zero-order chi connectivity index (χ0) is 13.2. The minimum absolute atomic E-state index is 0.217. The summed E-state index contributed by atoms with van der Waals surface area (Å²) in [7, 11) is 0. The van der Waals surface area contributed by atoms with E-state index in [-0.39, 0.29) is 5.89 Å². The van der Waals surface area contributed by atoms with Crippen molar-refractivity contribution in [3.63, 3.8) is 0 Å². The van der Waals surface area contributed by atoms with Gasteiger partial charge in [-0.15, -0.1) is 0 Å². The minimum Gasteiger partial charge on any atom is -0.337 e. The van der Waals surface area contributed by atoms with Crippen molar-refractivity contribution in [3.8, 4) is 0 Å². The summed E-state index contributed by atoms with van der Waals surface area (Å²) in [5, 5.41) is 2.86. The molecule has 0 aliphatic carbocycles. The van der Waals surface area contributed by atoms with Crippen LogP contribution in [0.1, 0.15) is 23.3 Å². The van der Waals surface area contributed by atoms with Gasteiger partial charge in [-0.3, -0.25) is 0 Å². The molecule has 0 unspecified atom stereocenters. The molecule has 2 N–H and O–H groups in total. The number of benzene rings is 1. The second-order valence-electron chi connectivity index (χ2n) is 3.75. The molecule has 96 valence electrons. The molecule has 18 heavy (non-hydrogen) atoms. The van der Waals surface area contributed by atoms with Gasteiger partial charge in [-0.1, -0.05) is 35.5 Å². The lowest BCUT2D eigenvalue weighted by atomic mass is 10.1. The summed E-state index contributed by atoms with van der Waals surface area (Å²) >= 11 is 0. The van der Waals surface area contributed by atoms with Crippen molar-refractivity contribution in [3.05, 3.63) is 47.6 Å². The first kappa shape index (κ1) is 12.6. The topological polar surface area (TPSA) is 64.9 Å². The van der Waals surface area contributed by atoms with Gasteiger partial charge in [0.05, 0.1) is 6.04 Å². The van der Waals surface area contributed by atoms with Crippen molar-refractivity contribution in [2.24, 2.45) is 5.73 Å². The van der Waals surface area contributed by atoms with E-state index in [0.717, 1.165) is 5.56 Å². The Morgan fingerprint density at radius 1 is 1.22 bits per heavy atom. The standard InChI is InChI=1S/C11H10F3N3O/c12-11(13,14)10-16-9(18-17-10)8(15)6-7-4-2-1-3-5-7/h1-5,8H,6,15H2/t8-/m1/s1. The van der Waals surface area contributed by atoms with Crippen LogP contribution in [0.5, 0.6) is 0 Å². The second-order valence-corrected chi connectivity index (χ2v) is 3.75. The highest BCUT2D eigenvalue weighted by Gasteiger charge is 2.37. The quantitative estimate of drug-likeness (QED) is 0.916.